The number of aromatic nitrogens is 3. The van der Waals surface area contributed by atoms with E-state index in [1.165, 1.54) is 38.4 Å². The summed E-state index contributed by atoms with van der Waals surface area (Å²) in [5.74, 6) is -3.52. The minimum absolute atomic E-state index is 0.0233. The molecule has 54 heavy (non-hydrogen) atoms. The number of carbonyl (C=O) groups is 4. The van der Waals surface area contributed by atoms with Crippen LogP contribution in [0.2, 0.25) is 5.02 Å². The van der Waals surface area contributed by atoms with Crippen LogP contribution in [0.25, 0.3) is 0 Å². The van der Waals surface area contributed by atoms with Crippen molar-refractivity contribution >= 4 is 52.9 Å². The number of nitrogens with zero attached hydrogens (tertiary/aromatic N) is 5. The average Bonchev–Trinajstić information content (AvgIpc) is 3.92. The van der Waals surface area contributed by atoms with Gasteiger partial charge in [0.2, 0.25) is 11.9 Å². The number of nitrogens with one attached hydrogen (secondary N) is 4. The van der Waals surface area contributed by atoms with Crippen molar-refractivity contribution in [2.24, 2.45) is 0 Å². The van der Waals surface area contributed by atoms with Gasteiger partial charge in [-0.15, -0.1) is 0 Å². The fourth-order valence-electron chi connectivity index (χ4n) is 5.22. The Labute approximate surface area is 313 Å². The maximum Gasteiger partial charge on any atom is 0.422 e. The second-order valence-corrected chi connectivity index (χ2v) is 13.1. The van der Waals surface area contributed by atoms with Crippen LogP contribution < -0.4 is 26.0 Å². The lowest BCUT2D eigenvalue weighted by Gasteiger charge is -2.26. The van der Waals surface area contributed by atoms with Crippen LogP contribution in [-0.4, -0.2) is 127 Å². The molecule has 1 saturated carbocycles. The molecule has 2 aromatic carbocycles. The van der Waals surface area contributed by atoms with Gasteiger partial charge in [0.25, 0.3) is 5.91 Å². The van der Waals surface area contributed by atoms with Gasteiger partial charge in [-0.3, -0.25) is 19.3 Å². The lowest BCUT2D eigenvalue weighted by molar-refractivity contribution is -0.154. The molecule has 5 rings (SSSR count). The topological polar surface area (TPSA) is 189 Å². The molecule has 2 heterocycles. The molecule has 16 nitrogen and oxygen atoms in total. The first-order valence-electron chi connectivity index (χ1n) is 16.8. The predicted molar refractivity (Wildman–Crippen MR) is 188 cm³/mol. The molecule has 4 N–H and O–H groups in total. The van der Waals surface area contributed by atoms with Crippen LogP contribution in [0.4, 0.5) is 30.8 Å². The molecule has 0 radical (unpaired) electrons. The van der Waals surface area contributed by atoms with E-state index < -0.39 is 60.6 Å². The molecule has 2 aliphatic rings. The molecule has 2 fully saturated rings. The summed E-state index contributed by atoms with van der Waals surface area (Å²) in [5, 5.41) is 11.5. The number of hydrogen-bond donors (Lipinski definition) is 4. The third-order valence-electron chi connectivity index (χ3n) is 8.29. The van der Waals surface area contributed by atoms with Crippen molar-refractivity contribution in [1.29, 1.82) is 0 Å². The van der Waals surface area contributed by atoms with Crippen LogP contribution in [0.3, 0.4) is 0 Å². The summed E-state index contributed by atoms with van der Waals surface area (Å²) in [4.78, 5) is 66.1. The minimum atomic E-state index is -4.64. The molecule has 1 aromatic heterocycles. The van der Waals surface area contributed by atoms with Crippen LogP contribution in [-0.2, 0) is 29.4 Å². The number of esters is 1. The molecular weight excluding hydrogens is 739 g/mol. The van der Waals surface area contributed by atoms with Gasteiger partial charge in [0, 0.05) is 56.5 Å². The lowest BCUT2D eigenvalue weighted by Crippen LogP contribution is -2.51. The highest BCUT2D eigenvalue weighted by Crippen LogP contribution is 2.48. The Morgan fingerprint density at radius 3 is 2.28 bits per heavy atom. The molecule has 290 valence electrons. The van der Waals surface area contributed by atoms with Gasteiger partial charge in [0.05, 0.1) is 18.8 Å². The monoisotopic (exact) mass is 777 g/mol. The maximum absolute atomic E-state index is 13.2. The van der Waals surface area contributed by atoms with Gasteiger partial charge in [-0.2, -0.15) is 28.1 Å². The van der Waals surface area contributed by atoms with Gasteiger partial charge < -0.3 is 40.4 Å². The first-order chi connectivity index (χ1) is 25.7. The van der Waals surface area contributed by atoms with E-state index in [4.69, 9.17) is 25.8 Å². The SMILES string of the molecule is CN(C)C(=O)C(=O)NC[C@H](NC(=O)c1ccc(Nc2nc(NC3(c4ccc(Cl)cc4)CC3)nc(OCC(F)(F)F)n2)cc1)C(=O)OCCN1CCOCC1. The number of benzene rings is 2. The Hall–Kier alpha value is -5.27. The Bertz CT molecular complexity index is 1790. The second-order valence-electron chi connectivity index (χ2n) is 12.6. The molecule has 0 unspecified atom stereocenters. The number of ether oxygens (including phenoxy) is 3. The summed E-state index contributed by atoms with van der Waals surface area (Å²) in [6.45, 7) is 0.883. The fraction of sp³-hybridized carbons (Fsp3) is 0.441. The highest BCUT2D eigenvalue weighted by atomic mass is 35.5. The zero-order valence-corrected chi connectivity index (χ0v) is 30.1. The first-order valence-corrected chi connectivity index (χ1v) is 17.2. The normalized spacial score (nSPS) is 15.7. The molecule has 1 saturated heterocycles. The fourth-order valence-corrected chi connectivity index (χ4v) is 5.34. The summed E-state index contributed by atoms with van der Waals surface area (Å²) in [6, 6.07) is 11.0. The Morgan fingerprint density at radius 1 is 0.981 bits per heavy atom. The van der Waals surface area contributed by atoms with E-state index in [-0.39, 0.29) is 24.1 Å². The largest absolute Gasteiger partial charge is 0.463 e. The third-order valence-corrected chi connectivity index (χ3v) is 8.55. The predicted octanol–water partition coefficient (Wildman–Crippen LogP) is 2.49. The second kappa shape index (κ2) is 17.7. The van der Waals surface area contributed by atoms with Crippen molar-refractivity contribution < 1.29 is 46.6 Å². The van der Waals surface area contributed by atoms with Gasteiger partial charge in [0.1, 0.15) is 12.6 Å². The number of alkyl halides is 3. The average molecular weight is 778 g/mol. The Balaban J connectivity index is 1.26. The van der Waals surface area contributed by atoms with Crippen molar-refractivity contribution in [1.82, 2.24) is 35.4 Å². The standard InChI is InChI=1S/C34H39ClF3N9O7/c1-46(2)28(50)27(49)39-19-25(29(51)53-18-15-47-13-16-52-17-14-47)41-26(48)21-3-9-24(10-4-21)40-30-42-31(44-32(43-30)54-20-34(36,37)38)45-33(11-12-33)22-5-7-23(35)8-6-22/h3-10,25H,11-20H2,1-2H3,(H,39,49)(H,41,48)(H2,40,42,43,44,45)/t25-/m0/s1. The minimum Gasteiger partial charge on any atom is -0.463 e. The number of likely N-dealkylation sites (N-methyl/N-ethyl adjacent to an activating group) is 1. The third kappa shape index (κ3) is 11.6. The molecule has 0 bridgehead atoms. The number of rotatable bonds is 15. The zero-order chi connectivity index (χ0) is 38.9. The van der Waals surface area contributed by atoms with E-state index in [1.54, 1.807) is 12.1 Å². The van der Waals surface area contributed by atoms with E-state index in [9.17, 15) is 32.3 Å². The van der Waals surface area contributed by atoms with Crippen LogP contribution >= 0.6 is 11.6 Å². The number of carbonyl (C=O) groups excluding carboxylic acids is 4. The number of hydrogen-bond acceptors (Lipinski definition) is 13. The van der Waals surface area contributed by atoms with Crippen molar-refractivity contribution in [3.63, 3.8) is 0 Å². The molecular formula is C34H39ClF3N9O7. The van der Waals surface area contributed by atoms with Gasteiger partial charge >= 0.3 is 30.0 Å². The highest BCUT2D eigenvalue weighted by Gasteiger charge is 2.45. The highest BCUT2D eigenvalue weighted by molar-refractivity contribution is 6.34. The molecule has 1 aliphatic carbocycles. The van der Waals surface area contributed by atoms with Crippen molar-refractivity contribution in [2.75, 3.05) is 77.3 Å². The number of amides is 3. The summed E-state index contributed by atoms with van der Waals surface area (Å²) in [6.07, 6.45) is -3.23. The van der Waals surface area contributed by atoms with Gasteiger partial charge in [-0.1, -0.05) is 23.7 Å². The van der Waals surface area contributed by atoms with Crippen molar-refractivity contribution in [2.45, 2.75) is 30.6 Å². The molecule has 1 aliphatic heterocycles. The number of halogens is 4. The van der Waals surface area contributed by atoms with Gasteiger partial charge in [-0.05, 0) is 54.8 Å². The van der Waals surface area contributed by atoms with Crippen molar-refractivity contribution in [3.05, 3.63) is 64.7 Å². The maximum atomic E-state index is 13.2. The molecule has 3 amide bonds. The van der Waals surface area contributed by atoms with Crippen LogP contribution in [0.15, 0.2) is 48.5 Å². The lowest BCUT2D eigenvalue weighted by atomic mass is 10.1. The molecule has 0 spiro atoms. The molecule has 20 heteroatoms. The Morgan fingerprint density at radius 2 is 1.65 bits per heavy atom. The van der Waals surface area contributed by atoms with Crippen LogP contribution in [0.5, 0.6) is 6.01 Å². The van der Waals surface area contributed by atoms with Crippen LogP contribution in [0, 0.1) is 0 Å². The van der Waals surface area contributed by atoms with Gasteiger partial charge in [-0.25, -0.2) is 4.79 Å². The smallest absolute Gasteiger partial charge is 0.422 e. The van der Waals surface area contributed by atoms with E-state index in [2.05, 4.69) is 36.2 Å². The Kier molecular flexibility index (Phi) is 13.1. The number of anilines is 3. The first kappa shape index (κ1) is 39.9. The summed E-state index contributed by atoms with van der Waals surface area (Å²) in [7, 11) is 2.78. The van der Waals surface area contributed by atoms with Crippen LogP contribution in [0.1, 0.15) is 28.8 Å². The summed E-state index contributed by atoms with van der Waals surface area (Å²) >= 11 is 6.03. The zero-order valence-electron chi connectivity index (χ0n) is 29.4. The van der Waals surface area contributed by atoms with E-state index in [0.717, 1.165) is 10.5 Å². The summed E-state index contributed by atoms with van der Waals surface area (Å²) < 4.78 is 54.5. The van der Waals surface area contributed by atoms with E-state index in [0.29, 0.717) is 56.4 Å². The van der Waals surface area contributed by atoms with E-state index in [1.807, 2.05) is 17.0 Å². The van der Waals surface area contributed by atoms with Gasteiger partial charge in [0.15, 0.2) is 6.61 Å². The van der Waals surface area contributed by atoms with Crippen molar-refractivity contribution in [3.8, 4) is 6.01 Å². The molecule has 3 aromatic rings. The molecule has 1 atom stereocenters. The van der Waals surface area contributed by atoms with E-state index >= 15 is 0 Å². The summed E-state index contributed by atoms with van der Waals surface area (Å²) in [5.41, 5.74) is 0.782. The number of morpholine rings is 1. The quantitative estimate of drug-likeness (QED) is 0.130.